The van der Waals surface area contributed by atoms with E-state index >= 15 is 0 Å². The van der Waals surface area contributed by atoms with Crippen LogP contribution in [0.25, 0.3) is 5.76 Å². The topological polar surface area (TPSA) is 70.1 Å². The molecule has 0 aliphatic carbocycles. The van der Waals surface area contributed by atoms with E-state index in [0.29, 0.717) is 23.6 Å². The molecule has 3 aromatic rings. The number of hydrogen-bond acceptors (Lipinski definition) is 5. The fraction of sp³-hybridized carbons (Fsp3) is 0.333. The first-order valence-electron chi connectivity index (χ1n) is 13.8. The molecule has 1 atom stereocenters. The van der Waals surface area contributed by atoms with Crippen molar-refractivity contribution in [1.82, 2.24) is 0 Å². The van der Waals surface area contributed by atoms with Gasteiger partial charge in [0.1, 0.15) is 11.5 Å². The highest BCUT2D eigenvalue weighted by molar-refractivity contribution is 6.51. The number of anilines is 2. The van der Waals surface area contributed by atoms with Gasteiger partial charge in [0.2, 0.25) is 0 Å². The molecule has 1 aliphatic rings. The van der Waals surface area contributed by atoms with Crippen LogP contribution in [0.3, 0.4) is 0 Å². The van der Waals surface area contributed by atoms with Crippen LogP contribution >= 0.6 is 0 Å². The fourth-order valence-corrected chi connectivity index (χ4v) is 4.98. The summed E-state index contributed by atoms with van der Waals surface area (Å²) in [6, 6.07) is 21.6. The molecule has 1 aliphatic heterocycles. The summed E-state index contributed by atoms with van der Waals surface area (Å²) < 4.78 is 5.80. The second-order valence-corrected chi connectivity index (χ2v) is 9.85. The average Bonchev–Trinajstić information content (AvgIpc) is 3.22. The fourth-order valence-electron chi connectivity index (χ4n) is 4.98. The molecule has 6 heteroatoms. The Labute approximate surface area is 231 Å². The Kier molecular flexibility index (Phi) is 9.07. The summed E-state index contributed by atoms with van der Waals surface area (Å²) in [7, 11) is 0. The van der Waals surface area contributed by atoms with Gasteiger partial charge in [-0.3, -0.25) is 14.5 Å². The van der Waals surface area contributed by atoms with Crippen LogP contribution in [0.5, 0.6) is 5.75 Å². The third-order valence-corrected chi connectivity index (χ3v) is 7.24. The molecule has 1 fully saturated rings. The number of ketones is 1. The van der Waals surface area contributed by atoms with Gasteiger partial charge in [-0.05, 0) is 81.3 Å². The monoisotopic (exact) mass is 526 g/mol. The molecule has 1 N–H and O–H groups in total. The number of rotatable bonds is 11. The van der Waals surface area contributed by atoms with Crippen molar-refractivity contribution in [3.8, 4) is 5.75 Å². The van der Waals surface area contributed by atoms with Crippen LogP contribution in [0.4, 0.5) is 11.4 Å². The Morgan fingerprint density at radius 1 is 0.872 bits per heavy atom. The van der Waals surface area contributed by atoms with Crippen LogP contribution in [0, 0.1) is 6.92 Å². The molecule has 6 nitrogen and oxygen atoms in total. The van der Waals surface area contributed by atoms with E-state index in [4.69, 9.17) is 4.74 Å². The third-order valence-electron chi connectivity index (χ3n) is 7.24. The molecular formula is C33H38N2O4. The van der Waals surface area contributed by atoms with Crippen molar-refractivity contribution < 1.29 is 19.4 Å². The summed E-state index contributed by atoms with van der Waals surface area (Å²) in [6.45, 7) is 10.7. The maximum atomic E-state index is 13.5. The van der Waals surface area contributed by atoms with Crippen molar-refractivity contribution in [1.29, 1.82) is 0 Å². The Bertz CT molecular complexity index is 1310. The highest BCUT2D eigenvalue weighted by Gasteiger charge is 2.47. The second-order valence-electron chi connectivity index (χ2n) is 9.85. The van der Waals surface area contributed by atoms with Crippen LogP contribution in [0.1, 0.15) is 62.8 Å². The summed E-state index contributed by atoms with van der Waals surface area (Å²) in [4.78, 5) is 30.6. The number of ether oxygens (including phenoxy) is 1. The van der Waals surface area contributed by atoms with Crippen molar-refractivity contribution >= 4 is 28.8 Å². The van der Waals surface area contributed by atoms with Gasteiger partial charge in [0.15, 0.2) is 0 Å². The van der Waals surface area contributed by atoms with Crippen LogP contribution < -0.4 is 14.5 Å². The molecule has 1 unspecified atom stereocenters. The number of aliphatic hydroxyl groups is 1. The highest BCUT2D eigenvalue weighted by Crippen LogP contribution is 2.42. The molecule has 0 saturated carbocycles. The average molecular weight is 527 g/mol. The molecule has 0 spiro atoms. The molecule has 204 valence electrons. The normalized spacial score (nSPS) is 16.5. The van der Waals surface area contributed by atoms with Gasteiger partial charge in [0.05, 0.1) is 18.2 Å². The summed E-state index contributed by atoms with van der Waals surface area (Å²) in [6.07, 6.45) is 3.21. The van der Waals surface area contributed by atoms with Crippen molar-refractivity contribution in [3.63, 3.8) is 0 Å². The van der Waals surface area contributed by atoms with E-state index in [1.807, 2.05) is 55.5 Å². The largest absolute Gasteiger partial charge is 0.507 e. The van der Waals surface area contributed by atoms with Gasteiger partial charge < -0.3 is 14.7 Å². The quantitative estimate of drug-likeness (QED) is 0.126. The van der Waals surface area contributed by atoms with E-state index in [2.05, 4.69) is 25.7 Å². The van der Waals surface area contributed by atoms with Crippen LogP contribution in [0.2, 0.25) is 0 Å². The molecule has 0 aromatic heterocycles. The van der Waals surface area contributed by atoms with E-state index < -0.39 is 17.7 Å². The number of aryl methyl sites for hydroxylation is 1. The first kappa shape index (κ1) is 28.0. The zero-order valence-corrected chi connectivity index (χ0v) is 23.3. The smallest absolute Gasteiger partial charge is 0.300 e. The van der Waals surface area contributed by atoms with Gasteiger partial charge in [-0.1, -0.05) is 49.6 Å². The maximum Gasteiger partial charge on any atom is 0.300 e. The van der Waals surface area contributed by atoms with Crippen molar-refractivity contribution in [3.05, 3.63) is 95.1 Å². The number of hydrogen-bond donors (Lipinski definition) is 1. The third kappa shape index (κ3) is 6.00. The van der Waals surface area contributed by atoms with Crippen molar-refractivity contribution in [2.75, 3.05) is 29.5 Å². The lowest BCUT2D eigenvalue weighted by Gasteiger charge is -2.27. The molecule has 0 bridgehead atoms. The number of unbranched alkanes of at least 4 members (excludes halogenated alkanes) is 2. The van der Waals surface area contributed by atoms with E-state index in [9.17, 15) is 14.7 Å². The molecule has 39 heavy (non-hydrogen) atoms. The first-order chi connectivity index (χ1) is 18.9. The summed E-state index contributed by atoms with van der Waals surface area (Å²) >= 11 is 0. The van der Waals surface area contributed by atoms with Gasteiger partial charge in [-0.25, -0.2) is 0 Å². The lowest BCUT2D eigenvalue weighted by atomic mass is 9.94. The van der Waals surface area contributed by atoms with Gasteiger partial charge in [0.25, 0.3) is 11.7 Å². The Hall–Kier alpha value is -4.06. The summed E-state index contributed by atoms with van der Waals surface area (Å²) in [5.74, 6) is -0.857. The Balaban J connectivity index is 1.76. The van der Waals surface area contributed by atoms with Crippen LogP contribution in [0.15, 0.2) is 78.4 Å². The number of amides is 1. The van der Waals surface area contributed by atoms with Crippen LogP contribution in [-0.4, -0.2) is 36.5 Å². The van der Waals surface area contributed by atoms with E-state index in [-0.39, 0.29) is 11.3 Å². The van der Waals surface area contributed by atoms with Gasteiger partial charge in [0, 0.05) is 30.0 Å². The molecule has 4 rings (SSSR count). The number of carbonyl (C=O) groups is 2. The molecule has 0 radical (unpaired) electrons. The van der Waals surface area contributed by atoms with Crippen molar-refractivity contribution in [2.24, 2.45) is 0 Å². The van der Waals surface area contributed by atoms with Crippen molar-refractivity contribution in [2.45, 2.75) is 53.0 Å². The zero-order valence-electron chi connectivity index (χ0n) is 23.3. The predicted octanol–water partition coefficient (Wildman–Crippen LogP) is 7.04. The van der Waals surface area contributed by atoms with Gasteiger partial charge in [-0.15, -0.1) is 0 Å². The summed E-state index contributed by atoms with van der Waals surface area (Å²) in [5.41, 5.74) is 4.01. The molecule has 1 amide bonds. The number of aliphatic hydroxyl groups excluding tert-OH is 1. The molecule has 1 saturated heterocycles. The minimum atomic E-state index is -0.761. The Morgan fingerprint density at radius 3 is 2.10 bits per heavy atom. The lowest BCUT2D eigenvalue weighted by Crippen LogP contribution is -2.29. The standard InChI is InChI=1S/C33H38N2O4/c1-5-8-9-22-39-28-20-14-25(15-21-28)31(36)29-30(24-12-18-26(19-13-24)34(6-2)7-3)35(33(38)32(29)37)27-16-10-23(4)11-17-27/h10-21,30,36H,5-9,22H2,1-4H3/b31-29-. The molecule has 3 aromatic carbocycles. The number of nitrogens with zero attached hydrogens (tertiary/aromatic N) is 2. The minimum absolute atomic E-state index is 0.0766. The SMILES string of the molecule is CCCCCOc1ccc(/C(O)=C2/C(=O)C(=O)N(c3ccc(C)cc3)C2c2ccc(N(CC)CC)cc2)cc1. The van der Waals surface area contributed by atoms with E-state index in [1.165, 1.54) is 4.90 Å². The number of benzene rings is 3. The van der Waals surface area contributed by atoms with Crippen LogP contribution in [-0.2, 0) is 9.59 Å². The van der Waals surface area contributed by atoms with Gasteiger partial charge in [-0.2, -0.15) is 0 Å². The Morgan fingerprint density at radius 2 is 1.51 bits per heavy atom. The molecular weight excluding hydrogens is 488 g/mol. The number of Topliss-reactive ketones (excluding diaryl/α,β-unsaturated/α-hetero) is 1. The lowest BCUT2D eigenvalue weighted by molar-refractivity contribution is -0.132. The first-order valence-corrected chi connectivity index (χ1v) is 13.8. The summed E-state index contributed by atoms with van der Waals surface area (Å²) in [5, 5.41) is 11.4. The van der Waals surface area contributed by atoms with E-state index in [0.717, 1.165) is 49.2 Å². The predicted molar refractivity (Wildman–Crippen MR) is 157 cm³/mol. The highest BCUT2D eigenvalue weighted by atomic mass is 16.5. The number of carbonyl (C=O) groups excluding carboxylic acids is 2. The zero-order chi connectivity index (χ0) is 27.9. The maximum absolute atomic E-state index is 13.5. The van der Waals surface area contributed by atoms with Gasteiger partial charge >= 0.3 is 0 Å². The minimum Gasteiger partial charge on any atom is -0.507 e. The second kappa shape index (κ2) is 12.7. The van der Waals surface area contributed by atoms with E-state index in [1.54, 1.807) is 24.3 Å². The molecule has 1 heterocycles.